The molecular weight excluding hydrogens is 258 g/mol. The van der Waals surface area contributed by atoms with Crippen LogP contribution in [0, 0.1) is 0 Å². The summed E-state index contributed by atoms with van der Waals surface area (Å²) in [5.74, 6) is 1.12. The first kappa shape index (κ1) is 13.8. The second-order valence-electron chi connectivity index (χ2n) is 5.32. The van der Waals surface area contributed by atoms with Gasteiger partial charge in [-0.2, -0.15) is 0 Å². The Kier molecular flexibility index (Phi) is 4.02. The van der Waals surface area contributed by atoms with E-state index in [1.807, 2.05) is 12.1 Å². The standard InChI is InChI=1S/C18H21N3/c1-2-11-21-17-10-6-5-9-16(17)20-18(21)12-14-7-3-4-8-15(14)13-19/h3-10H,2,11-13,19H2,1H3. The largest absolute Gasteiger partial charge is 0.328 e. The van der Waals surface area contributed by atoms with Crippen molar-refractivity contribution < 1.29 is 0 Å². The number of nitrogens with two attached hydrogens (primary N) is 1. The highest BCUT2D eigenvalue weighted by molar-refractivity contribution is 5.76. The molecule has 0 aliphatic rings. The summed E-state index contributed by atoms with van der Waals surface area (Å²) in [6.45, 7) is 3.78. The second kappa shape index (κ2) is 6.10. The first-order chi connectivity index (χ1) is 10.3. The molecular formula is C18H21N3. The third kappa shape index (κ3) is 2.69. The van der Waals surface area contributed by atoms with Gasteiger partial charge in [0.15, 0.2) is 0 Å². The molecule has 0 fully saturated rings. The molecule has 0 atom stereocenters. The van der Waals surface area contributed by atoms with Crippen LogP contribution in [0.1, 0.15) is 30.3 Å². The van der Waals surface area contributed by atoms with Crippen molar-refractivity contribution in [1.82, 2.24) is 9.55 Å². The molecule has 0 bridgehead atoms. The lowest BCUT2D eigenvalue weighted by Gasteiger charge is -2.10. The number of para-hydroxylation sites is 2. The Morgan fingerprint density at radius 2 is 1.71 bits per heavy atom. The number of hydrogen-bond donors (Lipinski definition) is 1. The summed E-state index contributed by atoms with van der Waals surface area (Å²) < 4.78 is 2.34. The van der Waals surface area contributed by atoms with Crippen molar-refractivity contribution in [3.8, 4) is 0 Å². The molecule has 1 heterocycles. The summed E-state index contributed by atoms with van der Waals surface area (Å²) in [6.07, 6.45) is 1.94. The lowest BCUT2D eigenvalue weighted by atomic mass is 10.0. The van der Waals surface area contributed by atoms with Crippen LogP contribution in [0.15, 0.2) is 48.5 Å². The third-order valence-electron chi connectivity index (χ3n) is 3.87. The Morgan fingerprint density at radius 3 is 2.48 bits per heavy atom. The Labute approximate surface area is 125 Å². The monoisotopic (exact) mass is 279 g/mol. The predicted octanol–water partition coefficient (Wildman–Crippen LogP) is 3.50. The minimum atomic E-state index is 0.574. The fraction of sp³-hybridized carbons (Fsp3) is 0.278. The summed E-state index contributed by atoms with van der Waals surface area (Å²) in [6, 6.07) is 16.7. The maximum atomic E-state index is 5.85. The minimum Gasteiger partial charge on any atom is -0.328 e. The zero-order valence-corrected chi connectivity index (χ0v) is 12.4. The molecule has 21 heavy (non-hydrogen) atoms. The highest BCUT2D eigenvalue weighted by Crippen LogP contribution is 2.20. The van der Waals surface area contributed by atoms with Gasteiger partial charge in [0.25, 0.3) is 0 Å². The average Bonchev–Trinajstić information content (AvgIpc) is 2.86. The maximum Gasteiger partial charge on any atom is 0.114 e. The van der Waals surface area contributed by atoms with Gasteiger partial charge in [-0.15, -0.1) is 0 Å². The fourth-order valence-electron chi connectivity index (χ4n) is 2.83. The lowest BCUT2D eigenvalue weighted by molar-refractivity contribution is 0.663. The van der Waals surface area contributed by atoms with Crippen molar-refractivity contribution in [2.24, 2.45) is 5.73 Å². The van der Waals surface area contributed by atoms with Gasteiger partial charge in [0, 0.05) is 19.5 Å². The van der Waals surface area contributed by atoms with E-state index in [4.69, 9.17) is 10.7 Å². The molecule has 0 aliphatic carbocycles. The predicted molar refractivity (Wildman–Crippen MR) is 87.2 cm³/mol. The van der Waals surface area contributed by atoms with Gasteiger partial charge < -0.3 is 10.3 Å². The molecule has 3 aromatic rings. The van der Waals surface area contributed by atoms with E-state index in [0.29, 0.717) is 6.54 Å². The minimum absolute atomic E-state index is 0.574. The van der Waals surface area contributed by atoms with Crippen molar-refractivity contribution in [3.63, 3.8) is 0 Å². The smallest absolute Gasteiger partial charge is 0.114 e. The van der Waals surface area contributed by atoms with Crippen molar-refractivity contribution in [2.45, 2.75) is 32.9 Å². The molecule has 0 aliphatic heterocycles. The van der Waals surface area contributed by atoms with E-state index >= 15 is 0 Å². The molecule has 0 spiro atoms. The molecule has 0 radical (unpaired) electrons. The van der Waals surface area contributed by atoms with E-state index < -0.39 is 0 Å². The summed E-state index contributed by atoms with van der Waals surface area (Å²) in [4.78, 5) is 4.82. The first-order valence-electron chi connectivity index (χ1n) is 7.54. The van der Waals surface area contributed by atoms with Gasteiger partial charge in [-0.1, -0.05) is 43.3 Å². The normalized spacial score (nSPS) is 11.1. The van der Waals surface area contributed by atoms with E-state index in [0.717, 1.165) is 30.7 Å². The van der Waals surface area contributed by atoms with Crippen LogP contribution in [-0.4, -0.2) is 9.55 Å². The Hall–Kier alpha value is -2.13. The quantitative estimate of drug-likeness (QED) is 0.777. The fourth-order valence-corrected chi connectivity index (χ4v) is 2.83. The molecule has 0 saturated heterocycles. The average molecular weight is 279 g/mol. The van der Waals surface area contributed by atoms with Crippen LogP contribution in [-0.2, 0) is 19.5 Å². The molecule has 2 aromatic carbocycles. The van der Waals surface area contributed by atoms with E-state index in [-0.39, 0.29) is 0 Å². The second-order valence-corrected chi connectivity index (χ2v) is 5.32. The number of benzene rings is 2. The van der Waals surface area contributed by atoms with Crippen LogP contribution in [0.5, 0.6) is 0 Å². The Balaban J connectivity index is 2.05. The molecule has 1 aromatic heterocycles. The molecule has 3 heteroatoms. The molecule has 3 rings (SSSR count). The highest BCUT2D eigenvalue weighted by atomic mass is 15.1. The van der Waals surface area contributed by atoms with Gasteiger partial charge >= 0.3 is 0 Å². The van der Waals surface area contributed by atoms with Gasteiger partial charge in [-0.05, 0) is 29.7 Å². The van der Waals surface area contributed by atoms with Crippen molar-refractivity contribution in [1.29, 1.82) is 0 Å². The summed E-state index contributed by atoms with van der Waals surface area (Å²) >= 11 is 0. The first-order valence-corrected chi connectivity index (χ1v) is 7.54. The molecule has 0 amide bonds. The van der Waals surface area contributed by atoms with E-state index in [1.165, 1.54) is 16.6 Å². The number of fused-ring (bicyclic) bond motifs is 1. The van der Waals surface area contributed by atoms with Crippen molar-refractivity contribution in [2.75, 3.05) is 0 Å². The molecule has 0 saturated carbocycles. The van der Waals surface area contributed by atoms with E-state index in [2.05, 4.69) is 47.9 Å². The van der Waals surface area contributed by atoms with E-state index in [1.54, 1.807) is 0 Å². The van der Waals surface area contributed by atoms with Crippen molar-refractivity contribution in [3.05, 3.63) is 65.5 Å². The summed E-state index contributed by atoms with van der Waals surface area (Å²) in [5.41, 5.74) is 10.6. The maximum absolute atomic E-state index is 5.85. The number of rotatable bonds is 5. The topological polar surface area (TPSA) is 43.8 Å². The number of aryl methyl sites for hydroxylation is 1. The van der Waals surface area contributed by atoms with Crippen LogP contribution in [0.3, 0.4) is 0 Å². The Morgan fingerprint density at radius 1 is 1.00 bits per heavy atom. The number of aromatic nitrogens is 2. The number of hydrogen-bond acceptors (Lipinski definition) is 2. The lowest BCUT2D eigenvalue weighted by Crippen LogP contribution is -2.07. The number of imidazole rings is 1. The van der Waals surface area contributed by atoms with Gasteiger partial charge in [-0.3, -0.25) is 0 Å². The van der Waals surface area contributed by atoms with Crippen LogP contribution in [0.4, 0.5) is 0 Å². The summed E-state index contributed by atoms with van der Waals surface area (Å²) in [5, 5.41) is 0. The molecule has 0 unspecified atom stereocenters. The SMILES string of the molecule is CCCn1c(Cc2ccccc2CN)nc2ccccc21. The van der Waals surface area contributed by atoms with Crippen molar-refractivity contribution >= 4 is 11.0 Å². The molecule has 2 N–H and O–H groups in total. The van der Waals surface area contributed by atoms with Crippen LogP contribution < -0.4 is 5.73 Å². The number of nitrogens with zero attached hydrogens (tertiary/aromatic N) is 2. The van der Waals surface area contributed by atoms with Gasteiger partial charge in [0.1, 0.15) is 5.82 Å². The molecule has 3 nitrogen and oxygen atoms in total. The summed E-state index contributed by atoms with van der Waals surface area (Å²) in [7, 11) is 0. The van der Waals surface area contributed by atoms with Crippen LogP contribution in [0.2, 0.25) is 0 Å². The van der Waals surface area contributed by atoms with Crippen LogP contribution >= 0.6 is 0 Å². The zero-order chi connectivity index (χ0) is 14.7. The zero-order valence-electron chi connectivity index (χ0n) is 12.4. The molecule has 108 valence electrons. The van der Waals surface area contributed by atoms with Crippen LogP contribution in [0.25, 0.3) is 11.0 Å². The van der Waals surface area contributed by atoms with Gasteiger partial charge in [0.05, 0.1) is 11.0 Å². The van der Waals surface area contributed by atoms with E-state index in [9.17, 15) is 0 Å². The van der Waals surface area contributed by atoms with Gasteiger partial charge in [-0.25, -0.2) is 4.98 Å². The Bertz CT molecular complexity index is 743. The van der Waals surface area contributed by atoms with Gasteiger partial charge in [0.2, 0.25) is 0 Å². The third-order valence-corrected chi connectivity index (χ3v) is 3.87. The highest BCUT2D eigenvalue weighted by Gasteiger charge is 2.11.